The lowest BCUT2D eigenvalue weighted by molar-refractivity contribution is 0.468. The van der Waals surface area contributed by atoms with E-state index in [0.29, 0.717) is 5.41 Å². The molecule has 0 radical (unpaired) electrons. The molecule has 1 rings (SSSR count). The summed E-state index contributed by atoms with van der Waals surface area (Å²) < 4.78 is 0. The van der Waals surface area contributed by atoms with Gasteiger partial charge in [-0.1, -0.05) is 27.2 Å². The van der Waals surface area contributed by atoms with Gasteiger partial charge >= 0.3 is 0 Å². The Labute approximate surface area is 64.2 Å². The summed E-state index contributed by atoms with van der Waals surface area (Å²) >= 11 is 0. The molecule has 0 bridgehead atoms. The van der Waals surface area contributed by atoms with Crippen LogP contribution >= 0.6 is 0 Å². The number of nitrogens with one attached hydrogen (secondary N) is 1. The molecule has 0 aromatic rings. The Bertz CT molecular complexity index is 111. The Kier molecular flexibility index (Phi) is 2.35. The molecule has 10 heavy (non-hydrogen) atoms. The van der Waals surface area contributed by atoms with E-state index in [2.05, 4.69) is 26.1 Å². The molecule has 60 valence electrons. The first-order valence-corrected chi connectivity index (χ1v) is 4.43. The molecule has 0 heterocycles. The molecular formula is C9H19N. The van der Waals surface area contributed by atoms with Crippen molar-refractivity contribution in [3.63, 3.8) is 0 Å². The van der Waals surface area contributed by atoms with Crippen LogP contribution in [-0.4, -0.2) is 13.1 Å². The largest absolute Gasteiger partial charge is 0.317 e. The van der Waals surface area contributed by atoms with Crippen molar-refractivity contribution in [2.45, 2.75) is 33.6 Å². The van der Waals surface area contributed by atoms with Gasteiger partial charge in [0.25, 0.3) is 0 Å². The van der Waals surface area contributed by atoms with Gasteiger partial charge in [0.05, 0.1) is 0 Å². The Morgan fingerprint density at radius 1 is 1.50 bits per heavy atom. The Balaban J connectivity index is 2.12. The maximum atomic E-state index is 3.40. The fourth-order valence-corrected chi connectivity index (χ4v) is 1.57. The highest BCUT2D eigenvalue weighted by atomic mass is 14.9. The maximum absolute atomic E-state index is 3.40. The van der Waals surface area contributed by atoms with Crippen LogP contribution in [0.15, 0.2) is 0 Å². The monoisotopic (exact) mass is 141 g/mol. The van der Waals surface area contributed by atoms with Crippen LogP contribution in [0.1, 0.15) is 33.6 Å². The van der Waals surface area contributed by atoms with Gasteiger partial charge in [-0.05, 0) is 30.8 Å². The van der Waals surface area contributed by atoms with Gasteiger partial charge in [0.1, 0.15) is 0 Å². The molecule has 0 amide bonds. The molecule has 0 spiro atoms. The lowest BCUT2D eigenvalue weighted by Crippen LogP contribution is -2.18. The standard InChI is InChI=1S/C9H19N/c1-4-9(3)6-8(9)7-10-5-2/h8,10H,4-7H2,1-3H3. The molecule has 0 aromatic heterocycles. The van der Waals surface area contributed by atoms with E-state index < -0.39 is 0 Å². The minimum Gasteiger partial charge on any atom is -0.317 e. The van der Waals surface area contributed by atoms with Crippen LogP contribution in [0.2, 0.25) is 0 Å². The summed E-state index contributed by atoms with van der Waals surface area (Å²) in [6.07, 6.45) is 2.79. The predicted molar refractivity (Wildman–Crippen MR) is 45.0 cm³/mol. The quantitative estimate of drug-likeness (QED) is 0.631. The third-order valence-corrected chi connectivity index (χ3v) is 2.99. The minimum absolute atomic E-state index is 0.697. The second kappa shape index (κ2) is 2.91. The van der Waals surface area contributed by atoms with Crippen molar-refractivity contribution in [3.8, 4) is 0 Å². The second-order valence-electron chi connectivity index (χ2n) is 3.72. The van der Waals surface area contributed by atoms with Crippen molar-refractivity contribution in [2.75, 3.05) is 13.1 Å². The summed E-state index contributed by atoms with van der Waals surface area (Å²) in [5, 5.41) is 3.40. The highest BCUT2D eigenvalue weighted by Crippen LogP contribution is 2.54. The average Bonchev–Trinajstić information content (AvgIpc) is 2.59. The van der Waals surface area contributed by atoms with Crippen LogP contribution < -0.4 is 5.32 Å². The van der Waals surface area contributed by atoms with Crippen LogP contribution in [0.4, 0.5) is 0 Å². The molecule has 2 atom stereocenters. The SMILES string of the molecule is CCNCC1CC1(C)CC. The molecule has 2 unspecified atom stereocenters. The first kappa shape index (κ1) is 8.06. The van der Waals surface area contributed by atoms with Gasteiger partial charge in [0.2, 0.25) is 0 Å². The van der Waals surface area contributed by atoms with Gasteiger partial charge in [-0.25, -0.2) is 0 Å². The lowest BCUT2D eigenvalue weighted by Gasteiger charge is -2.06. The van der Waals surface area contributed by atoms with Crippen LogP contribution in [0.5, 0.6) is 0 Å². The van der Waals surface area contributed by atoms with E-state index in [4.69, 9.17) is 0 Å². The van der Waals surface area contributed by atoms with E-state index in [0.717, 1.165) is 12.5 Å². The summed E-state index contributed by atoms with van der Waals surface area (Å²) in [6, 6.07) is 0. The van der Waals surface area contributed by atoms with E-state index in [1.54, 1.807) is 0 Å². The van der Waals surface area contributed by atoms with Gasteiger partial charge in [0.15, 0.2) is 0 Å². The highest BCUT2D eigenvalue weighted by molar-refractivity contribution is 4.98. The summed E-state index contributed by atoms with van der Waals surface area (Å²) in [4.78, 5) is 0. The molecule has 1 N–H and O–H groups in total. The number of hydrogen-bond donors (Lipinski definition) is 1. The van der Waals surface area contributed by atoms with Crippen molar-refractivity contribution < 1.29 is 0 Å². The molecule has 1 fully saturated rings. The maximum Gasteiger partial charge on any atom is -0.00152 e. The van der Waals surface area contributed by atoms with E-state index in [1.165, 1.54) is 19.4 Å². The molecule has 1 heteroatoms. The first-order chi connectivity index (χ1) is 4.73. The molecule has 0 aromatic carbocycles. The van der Waals surface area contributed by atoms with Crippen LogP contribution in [0.3, 0.4) is 0 Å². The summed E-state index contributed by atoms with van der Waals surface area (Å²) in [5.41, 5.74) is 0.697. The molecule has 1 saturated carbocycles. The first-order valence-electron chi connectivity index (χ1n) is 4.43. The number of rotatable bonds is 4. The highest BCUT2D eigenvalue weighted by Gasteiger charge is 2.47. The van der Waals surface area contributed by atoms with Gasteiger partial charge < -0.3 is 5.32 Å². The average molecular weight is 141 g/mol. The van der Waals surface area contributed by atoms with Gasteiger partial charge in [-0.2, -0.15) is 0 Å². The second-order valence-corrected chi connectivity index (χ2v) is 3.72. The zero-order chi connectivity index (χ0) is 7.61. The van der Waals surface area contributed by atoms with E-state index >= 15 is 0 Å². The zero-order valence-corrected chi connectivity index (χ0v) is 7.41. The third kappa shape index (κ3) is 1.51. The smallest absolute Gasteiger partial charge is 0.00152 e. The van der Waals surface area contributed by atoms with Crippen LogP contribution in [-0.2, 0) is 0 Å². The van der Waals surface area contributed by atoms with Gasteiger partial charge in [-0.3, -0.25) is 0 Å². The fourth-order valence-electron chi connectivity index (χ4n) is 1.57. The van der Waals surface area contributed by atoms with Crippen molar-refractivity contribution in [1.29, 1.82) is 0 Å². The third-order valence-electron chi connectivity index (χ3n) is 2.99. The van der Waals surface area contributed by atoms with E-state index in [9.17, 15) is 0 Å². The summed E-state index contributed by atoms with van der Waals surface area (Å²) in [7, 11) is 0. The summed E-state index contributed by atoms with van der Waals surface area (Å²) in [5.74, 6) is 0.970. The molecular weight excluding hydrogens is 122 g/mol. The fraction of sp³-hybridized carbons (Fsp3) is 1.00. The van der Waals surface area contributed by atoms with Crippen molar-refractivity contribution >= 4 is 0 Å². The van der Waals surface area contributed by atoms with Gasteiger partial charge in [0, 0.05) is 0 Å². The van der Waals surface area contributed by atoms with Crippen molar-refractivity contribution in [2.24, 2.45) is 11.3 Å². The summed E-state index contributed by atoms with van der Waals surface area (Å²) in [6.45, 7) is 9.23. The number of hydrogen-bond acceptors (Lipinski definition) is 1. The van der Waals surface area contributed by atoms with Crippen molar-refractivity contribution in [1.82, 2.24) is 5.32 Å². The van der Waals surface area contributed by atoms with Crippen molar-refractivity contribution in [3.05, 3.63) is 0 Å². The molecule has 1 aliphatic rings. The van der Waals surface area contributed by atoms with E-state index in [1.807, 2.05) is 0 Å². The molecule has 0 aliphatic heterocycles. The Morgan fingerprint density at radius 2 is 2.20 bits per heavy atom. The normalized spacial score (nSPS) is 38.1. The zero-order valence-electron chi connectivity index (χ0n) is 7.41. The minimum atomic E-state index is 0.697. The van der Waals surface area contributed by atoms with E-state index in [-0.39, 0.29) is 0 Å². The topological polar surface area (TPSA) is 12.0 Å². The van der Waals surface area contributed by atoms with Gasteiger partial charge in [-0.15, -0.1) is 0 Å². The Hall–Kier alpha value is -0.0400. The lowest BCUT2D eigenvalue weighted by atomic mass is 10.0. The molecule has 0 saturated heterocycles. The molecule has 1 nitrogen and oxygen atoms in total. The van der Waals surface area contributed by atoms with Crippen LogP contribution in [0, 0.1) is 11.3 Å². The molecule has 1 aliphatic carbocycles. The predicted octanol–water partition coefficient (Wildman–Crippen LogP) is 2.03. The Morgan fingerprint density at radius 3 is 2.60 bits per heavy atom. The van der Waals surface area contributed by atoms with Crippen LogP contribution in [0.25, 0.3) is 0 Å².